The molecule has 0 aromatic heterocycles. The van der Waals surface area contributed by atoms with E-state index in [-0.39, 0.29) is 23.7 Å². The SMILES string of the molecule is Cc1ccc2cc(C#N)c(N3CCN(S(=O)(=O)c4ccc([N+](=O)[O-])cc4)CC3)cc2c1. The molecule has 1 aliphatic heterocycles. The minimum Gasteiger partial charge on any atom is -0.368 e. The van der Waals surface area contributed by atoms with E-state index in [1.54, 1.807) is 0 Å². The van der Waals surface area contributed by atoms with E-state index in [1.807, 2.05) is 36.1 Å². The Balaban J connectivity index is 1.56. The van der Waals surface area contributed by atoms with Gasteiger partial charge in [-0.25, -0.2) is 8.42 Å². The fraction of sp³-hybridized carbons (Fsp3) is 0.227. The summed E-state index contributed by atoms with van der Waals surface area (Å²) < 4.78 is 27.2. The molecule has 0 spiro atoms. The number of piperazine rings is 1. The van der Waals surface area contributed by atoms with Crippen LogP contribution in [0.3, 0.4) is 0 Å². The minimum absolute atomic E-state index is 0.0328. The molecule has 9 heteroatoms. The van der Waals surface area contributed by atoms with Gasteiger partial charge in [-0.1, -0.05) is 23.8 Å². The number of nitro benzene ring substituents is 1. The van der Waals surface area contributed by atoms with Gasteiger partial charge in [0.2, 0.25) is 10.0 Å². The second-order valence-electron chi connectivity index (χ2n) is 7.47. The molecule has 0 N–H and O–H groups in total. The molecule has 1 fully saturated rings. The van der Waals surface area contributed by atoms with Crippen LogP contribution in [0.2, 0.25) is 0 Å². The van der Waals surface area contributed by atoms with Crippen molar-refractivity contribution in [2.75, 3.05) is 31.1 Å². The maximum Gasteiger partial charge on any atom is 0.269 e. The number of rotatable bonds is 4. The van der Waals surface area contributed by atoms with Crippen LogP contribution in [0.5, 0.6) is 0 Å². The summed E-state index contributed by atoms with van der Waals surface area (Å²) >= 11 is 0. The molecule has 0 saturated carbocycles. The maximum absolute atomic E-state index is 12.9. The van der Waals surface area contributed by atoms with E-state index >= 15 is 0 Å². The third kappa shape index (κ3) is 3.95. The molecule has 3 aromatic carbocycles. The second-order valence-corrected chi connectivity index (χ2v) is 9.41. The Morgan fingerprint density at radius 3 is 2.26 bits per heavy atom. The van der Waals surface area contributed by atoms with Crippen molar-refractivity contribution in [1.29, 1.82) is 5.26 Å². The number of hydrogen-bond donors (Lipinski definition) is 0. The number of hydrogen-bond acceptors (Lipinski definition) is 6. The Bertz CT molecular complexity index is 1310. The van der Waals surface area contributed by atoms with Crippen LogP contribution in [0, 0.1) is 28.4 Å². The van der Waals surface area contributed by atoms with Gasteiger partial charge in [0.1, 0.15) is 6.07 Å². The zero-order chi connectivity index (χ0) is 22.2. The smallest absolute Gasteiger partial charge is 0.269 e. The summed E-state index contributed by atoms with van der Waals surface area (Å²) in [6.45, 7) is 3.42. The Hall–Kier alpha value is -3.48. The number of benzene rings is 3. The van der Waals surface area contributed by atoms with E-state index in [0.717, 1.165) is 22.0 Å². The van der Waals surface area contributed by atoms with Gasteiger partial charge >= 0.3 is 0 Å². The summed E-state index contributed by atoms with van der Waals surface area (Å²) in [5.41, 5.74) is 2.33. The van der Waals surface area contributed by atoms with Gasteiger partial charge in [0.25, 0.3) is 5.69 Å². The third-order valence-corrected chi connectivity index (χ3v) is 7.41. The van der Waals surface area contributed by atoms with Crippen molar-refractivity contribution in [3.05, 3.63) is 75.8 Å². The van der Waals surface area contributed by atoms with Crippen LogP contribution < -0.4 is 4.90 Å². The highest BCUT2D eigenvalue weighted by Gasteiger charge is 2.29. The normalized spacial score (nSPS) is 15.0. The number of non-ortho nitro benzene ring substituents is 1. The van der Waals surface area contributed by atoms with Crippen LogP contribution in [-0.4, -0.2) is 43.8 Å². The number of nitriles is 1. The largest absolute Gasteiger partial charge is 0.368 e. The summed E-state index contributed by atoms with van der Waals surface area (Å²) in [4.78, 5) is 12.3. The van der Waals surface area contributed by atoms with E-state index in [4.69, 9.17) is 0 Å². The van der Waals surface area contributed by atoms with E-state index in [2.05, 4.69) is 12.1 Å². The molecule has 1 heterocycles. The zero-order valence-electron chi connectivity index (χ0n) is 16.9. The number of sulfonamides is 1. The van der Waals surface area contributed by atoms with Crippen molar-refractivity contribution >= 4 is 32.2 Å². The summed E-state index contributed by atoms with van der Waals surface area (Å²) in [6.07, 6.45) is 0. The maximum atomic E-state index is 12.9. The molecule has 31 heavy (non-hydrogen) atoms. The fourth-order valence-corrected chi connectivity index (χ4v) is 5.24. The molecule has 3 aromatic rings. The standard InChI is InChI=1S/C22H20N4O4S/c1-16-2-3-17-13-19(15-23)22(14-18(17)12-16)24-8-10-25(11-9-24)31(29,30)21-6-4-20(5-7-21)26(27)28/h2-7,12-14H,8-11H2,1H3. The van der Waals surface area contributed by atoms with Gasteiger partial charge in [-0.05, 0) is 42.0 Å². The van der Waals surface area contributed by atoms with Gasteiger partial charge in [-0.3, -0.25) is 10.1 Å². The zero-order valence-corrected chi connectivity index (χ0v) is 17.7. The molecule has 1 saturated heterocycles. The van der Waals surface area contributed by atoms with Crippen LogP contribution in [0.15, 0.2) is 59.5 Å². The topological polar surface area (TPSA) is 108 Å². The van der Waals surface area contributed by atoms with Crippen molar-refractivity contribution in [2.24, 2.45) is 0 Å². The monoisotopic (exact) mass is 436 g/mol. The Morgan fingerprint density at radius 2 is 1.65 bits per heavy atom. The molecule has 158 valence electrons. The predicted molar refractivity (Wildman–Crippen MR) is 117 cm³/mol. The molecule has 1 aliphatic rings. The lowest BCUT2D eigenvalue weighted by Gasteiger charge is -2.35. The second kappa shape index (κ2) is 7.98. The van der Waals surface area contributed by atoms with Crippen molar-refractivity contribution < 1.29 is 13.3 Å². The van der Waals surface area contributed by atoms with Crippen molar-refractivity contribution in [1.82, 2.24) is 4.31 Å². The molecule has 0 amide bonds. The highest BCUT2D eigenvalue weighted by Crippen LogP contribution is 2.29. The molecule has 8 nitrogen and oxygen atoms in total. The van der Waals surface area contributed by atoms with Crippen LogP contribution in [0.25, 0.3) is 10.8 Å². The number of nitro groups is 1. The summed E-state index contributed by atoms with van der Waals surface area (Å²) in [6, 6.07) is 17.1. The summed E-state index contributed by atoms with van der Waals surface area (Å²) in [5, 5.41) is 22.5. The van der Waals surface area contributed by atoms with Crippen molar-refractivity contribution in [2.45, 2.75) is 11.8 Å². The molecular weight excluding hydrogens is 416 g/mol. The third-order valence-electron chi connectivity index (χ3n) is 5.50. The molecule has 0 atom stereocenters. The van der Waals surface area contributed by atoms with Gasteiger partial charge in [-0.15, -0.1) is 0 Å². The van der Waals surface area contributed by atoms with Crippen LogP contribution >= 0.6 is 0 Å². The molecule has 0 aliphatic carbocycles. The first-order valence-corrected chi connectivity index (χ1v) is 11.2. The number of fused-ring (bicyclic) bond motifs is 1. The Labute approximate surface area is 180 Å². The molecule has 0 radical (unpaired) electrons. The fourth-order valence-electron chi connectivity index (χ4n) is 3.81. The summed E-state index contributed by atoms with van der Waals surface area (Å²) in [7, 11) is -3.75. The highest BCUT2D eigenvalue weighted by molar-refractivity contribution is 7.89. The van der Waals surface area contributed by atoms with Crippen molar-refractivity contribution in [3.8, 4) is 6.07 Å². The number of nitrogens with zero attached hydrogens (tertiary/aromatic N) is 4. The van der Waals surface area contributed by atoms with E-state index < -0.39 is 14.9 Å². The number of anilines is 1. The minimum atomic E-state index is -3.75. The van der Waals surface area contributed by atoms with Gasteiger partial charge in [0.05, 0.1) is 21.1 Å². The van der Waals surface area contributed by atoms with Gasteiger partial charge < -0.3 is 4.90 Å². The van der Waals surface area contributed by atoms with Gasteiger partial charge in [-0.2, -0.15) is 9.57 Å². The molecule has 4 rings (SSSR count). The number of aryl methyl sites for hydroxylation is 1. The van der Waals surface area contributed by atoms with E-state index in [0.29, 0.717) is 18.7 Å². The van der Waals surface area contributed by atoms with Crippen LogP contribution in [0.1, 0.15) is 11.1 Å². The predicted octanol–water partition coefficient (Wildman–Crippen LogP) is 3.44. The lowest BCUT2D eigenvalue weighted by molar-refractivity contribution is -0.384. The van der Waals surface area contributed by atoms with Crippen molar-refractivity contribution in [3.63, 3.8) is 0 Å². The average Bonchev–Trinajstić information content (AvgIpc) is 2.78. The highest BCUT2D eigenvalue weighted by atomic mass is 32.2. The van der Waals surface area contributed by atoms with E-state index in [9.17, 15) is 23.8 Å². The van der Waals surface area contributed by atoms with Gasteiger partial charge in [0.15, 0.2) is 0 Å². The first kappa shape index (κ1) is 20.8. The lowest BCUT2D eigenvalue weighted by Crippen LogP contribution is -2.48. The lowest BCUT2D eigenvalue weighted by atomic mass is 10.0. The first-order valence-electron chi connectivity index (χ1n) is 9.74. The van der Waals surface area contributed by atoms with Crippen LogP contribution in [-0.2, 0) is 10.0 Å². The quantitative estimate of drug-likeness (QED) is 0.458. The Morgan fingerprint density at radius 1 is 0.968 bits per heavy atom. The molecular formula is C22H20N4O4S. The summed E-state index contributed by atoms with van der Waals surface area (Å²) in [5.74, 6) is 0. The van der Waals surface area contributed by atoms with E-state index in [1.165, 1.54) is 28.6 Å². The molecule has 0 bridgehead atoms. The first-order chi connectivity index (χ1) is 14.8. The Kier molecular flexibility index (Phi) is 5.35. The molecule has 0 unspecified atom stereocenters. The van der Waals surface area contributed by atoms with Crippen LogP contribution in [0.4, 0.5) is 11.4 Å². The van der Waals surface area contributed by atoms with Gasteiger partial charge in [0, 0.05) is 38.3 Å². The average molecular weight is 436 g/mol.